The molecule has 1 nitrogen and oxygen atoms in total. The maximum Gasteiger partial charge on any atom is 0.0712 e. The van der Waals surface area contributed by atoms with Crippen LogP contribution in [-0.2, 0) is 5.41 Å². The van der Waals surface area contributed by atoms with E-state index < -0.39 is 0 Å². The third-order valence-electron chi connectivity index (χ3n) is 3.83. The molecule has 0 atom stereocenters. The largest absolute Gasteiger partial charge is 0.248 e. The number of fused-ring (bicyclic) bond motifs is 2. The van der Waals surface area contributed by atoms with Gasteiger partial charge in [0.2, 0.25) is 0 Å². The molecule has 1 heteroatoms. The SMILES string of the molecule is Cc1ccc2nc3ccc(C)cc3c(C(C)(C)C)c2c1. The number of hydrogen-bond donors (Lipinski definition) is 0. The minimum atomic E-state index is 0.0982. The first-order valence-corrected chi connectivity index (χ1v) is 7.17. The lowest BCUT2D eigenvalue weighted by Crippen LogP contribution is -2.13. The van der Waals surface area contributed by atoms with E-state index in [1.54, 1.807) is 0 Å². The Kier molecular flexibility index (Phi) is 2.82. The van der Waals surface area contributed by atoms with E-state index in [9.17, 15) is 0 Å². The number of hydrogen-bond acceptors (Lipinski definition) is 1. The Morgan fingerprint density at radius 1 is 0.750 bits per heavy atom. The van der Waals surface area contributed by atoms with Crippen LogP contribution in [0.4, 0.5) is 0 Å². The lowest BCUT2D eigenvalue weighted by molar-refractivity contribution is 0.601. The first kappa shape index (κ1) is 13.1. The van der Waals surface area contributed by atoms with Gasteiger partial charge < -0.3 is 0 Å². The van der Waals surface area contributed by atoms with E-state index in [0.717, 1.165) is 11.0 Å². The fourth-order valence-corrected chi connectivity index (χ4v) is 2.98. The summed E-state index contributed by atoms with van der Waals surface area (Å²) in [6, 6.07) is 13.1. The van der Waals surface area contributed by atoms with Crippen LogP contribution in [-0.4, -0.2) is 4.98 Å². The molecule has 0 fully saturated rings. The standard InChI is InChI=1S/C19H21N/c1-12-6-8-16-14(10-12)18(19(3,4)5)15-11-13(2)7-9-17(15)20-16/h6-11H,1-5H3. The molecule has 1 aromatic heterocycles. The molecule has 2 aromatic carbocycles. The summed E-state index contributed by atoms with van der Waals surface area (Å²) >= 11 is 0. The van der Waals surface area contributed by atoms with Crippen LogP contribution in [0.3, 0.4) is 0 Å². The highest BCUT2D eigenvalue weighted by Gasteiger charge is 2.21. The second kappa shape index (κ2) is 4.31. The van der Waals surface area contributed by atoms with Gasteiger partial charge in [-0.1, -0.05) is 44.0 Å². The molecule has 0 amide bonds. The van der Waals surface area contributed by atoms with Crippen molar-refractivity contribution in [1.82, 2.24) is 4.98 Å². The molecule has 102 valence electrons. The van der Waals surface area contributed by atoms with Crippen LogP contribution < -0.4 is 0 Å². The van der Waals surface area contributed by atoms with Crippen molar-refractivity contribution >= 4 is 21.8 Å². The van der Waals surface area contributed by atoms with Crippen LogP contribution in [0.25, 0.3) is 21.8 Å². The second-order valence-electron chi connectivity index (χ2n) is 6.78. The molecule has 1 heterocycles. The van der Waals surface area contributed by atoms with Crippen molar-refractivity contribution in [3.8, 4) is 0 Å². The summed E-state index contributed by atoms with van der Waals surface area (Å²) in [5, 5.41) is 2.58. The van der Waals surface area contributed by atoms with E-state index in [0.29, 0.717) is 0 Å². The third kappa shape index (κ3) is 2.07. The van der Waals surface area contributed by atoms with Crippen molar-refractivity contribution < 1.29 is 0 Å². The monoisotopic (exact) mass is 263 g/mol. The van der Waals surface area contributed by atoms with E-state index in [1.807, 2.05) is 0 Å². The molecule has 0 saturated carbocycles. The fraction of sp³-hybridized carbons (Fsp3) is 0.316. The van der Waals surface area contributed by atoms with Gasteiger partial charge >= 0.3 is 0 Å². The van der Waals surface area contributed by atoms with Gasteiger partial charge in [-0.15, -0.1) is 0 Å². The molecule has 0 unspecified atom stereocenters. The quantitative estimate of drug-likeness (QED) is 0.501. The van der Waals surface area contributed by atoms with Crippen molar-refractivity contribution in [1.29, 1.82) is 0 Å². The molecule has 0 aliphatic carbocycles. The average Bonchev–Trinajstić information content (AvgIpc) is 2.34. The summed E-state index contributed by atoms with van der Waals surface area (Å²) in [4.78, 5) is 4.83. The lowest BCUT2D eigenvalue weighted by Gasteiger charge is -2.24. The van der Waals surface area contributed by atoms with Crippen molar-refractivity contribution in [2.75, 3.05) is 0 Å². The summed E-state index contributed by atoms with van der Waals surface area (Å²) in [5.41, 5.74) is 6.27. The van der Waals surface area contributed by atoms with E-state index in [4.69, 9.17) is 4.98 Å². The summed E-state index contributed by atoms with van der Waals surface area (Å²) in [7, 11) is 0. The predicted molar refractivity (Wildman–Crippen MR) is 87.4 cm³/mol. The van der Waals surface area contributed by atoms with Crippen LogP contribution in [0, 0.1) is 13.8 Å². The van der Waals surface area contributed by atoms with Gasteiger partial charge in [-0.05, 0) is 49.1 Å². The van der Waals surface area contributed by atoms with Gasteiger partial charge in [0.25, 0.3) is 0 Å². The third-order valence-corrected chi connectivity index (χ3v) is 3.83. The summed E-state index contributed by atoms with van der Waals surface area (Å²) in [5.74, 6) is 0. The molecule has 0 radical (unpaired) electrons. The maximum absolute atomic E-state index is 4.83. The highest BCUT2D eigenvalue weighted by molar-refractivity contribution is 5.99. The smallest absolute Gasteiger partial charge is 0.0712 e. The molecule has 0 saturated heterocycles. The number of pyridine rings is 1. The minimum absolute atomic E-state index is 0.0982. The zero-order valence-electron chi connectivity index (χ0n) is 12.9. The number of aromatic nitrogens is 1. The number of aryl methyl sites for hydroxylation is 2. The number of rotatable bonds is 0. The summed E-state index contributed by atoms with van der Waals surface area (Å²) in [6.45, 7) is 11.1. The first-order chi connectivity index (χ1) is 9.36. The Morgan fingerprint density at radius 3 is 1.60 bits per heavy atom. The van der Waals surface area contributed by atoms with Gasteiger partial charge in [0.05, 0.1) is 11.0 Å². The average molecular weight is 263 g/mol. The van der Waals surface area contributed by atoms with E-state index in [1.165, 1.54) is 27.5 Å². The molecular formula is C19H21N. The molecule has 3 aromatic rings. The van der Waals surface area contributed by atoms with Crippen LogP contribution >= 0.6 is 0 Å². The van der Waals surface area contributed by atoms with Gasteiger partial charge in [0.1, 0.15) is 0 Å². The minimum Gasteiger partial charge on any atom is -0.248 e. The molecule has 0 aliphatic heterocycles. The van der Waals surface area contributed by atoms with Gasteiger partial charge in [-0.25, -0.2) is 4.98 Å². The molecule has 20 heavy (non-hydrogen) atoms. The van der Waals surface area contributed by atoms with E-state index in [-0.39, 0.29) is 5.41 Å². The molecule has 0 spiro atoms. The number of nitrogens with zero attached hydrogens (tertiary/aromatic N) is 1. The fourth-order valence-electron chi connectivity index (χ4n) is 2.98. The Balaban J connectivity index is 2.58. The van der Waals surface area contributed by atoms with Crippen molar-refractivity contribution in [2.45, 2.75) is 40.0 Å². The summed E-state index contributed by atoms with van der Waals surface area (Å²) in [6.07, 6.45) is 0. The van der Waals surface area contributed by atoms with Crippen LogP contribution in [0.2, 0.25) is 0 Å². The van der Waals surface area contributed by atoms with Crippen molar-refractivity contribution in [3.05, 3.63) is 53.1 Å². The highest BCUT2D eigenvalue weighted by atomic mass is 14.7. The normalized spacial score (nSPS) is 12.2. The predicted octanol–water partition coefficient (Wildman–Crippen LogP) is 5.30. The van der Waals surface area contributed by atoms with Crippen molar-refractivity contribution in [2.24, 2.45) is 0 Å². The molecular weight excluding hydrogens is 242 g/mol. The van der Waals surface area contributed by atoms with Gasteiger partial charge in [-0.3, -0.25) is 0 Å². The molecule has 3 rings (SSSR count). The van der Waals surface area contributed by atoms with Gasteiger partial charge in [0, 0.05) is 10.8 Å². The van der Waals surface area contributed by atoms with Crippen LogP contribution in [0.15, 0.2) is 36.4 Å². The van der Waals surface area contributed by atoms with Gasteiger partial charge in [0.15, 0.2) is 0 Å². The zero-order valence-corrected chi connectivity index (χ0v) is 12.9. The Hall–Kier alpha value is -1.89. The Labute approximate surface area is 120 Å². The van der Waals surface area contributed by atoms with E-state index >= 15 is 0 Å². The van der Waals surface area contributed by atoms with Crippen LogP contribution in [0.5, 0.6) is 0 Å². The van der Waals surface area contributed by atoms with Crippen LogP contribution in [0.1, 0.15) is 37.5 Å². The Morgan fingerprint density at radius 2 is 1.20 bits per heavy atom. The second-order valence-corrected chi connectivity index (χ2v) is 6.78. The lowest BCUT2D eigenvalue weighted by atomic mass is 9.81. The Bertz CT molecular complexity index is 747. The maximum atomic E-state index is 4.83. The molecule has 0 bridgehead atoms. The molecule has 0 N–H and O–H groups in total. The van der Waals surface area contributed by atoms with E-state index in [2.05, 4.69) is 71.0 Å². The number of benzene rings is 2. The highest BCUT2D eigenvalue weighted by Crippen LogP contribution is 2.36. The molecule has 0 aliphatic rings. The van der Waals surface area contributed by atoms with Gasteiger partial charge in [-0.2, -0.15) is 0 Å². The summed E-state index contributed by atoms with van der Waals surface area (Å²) < 4.78 is 0. The van der Waals surface area contributed by atoms with Crippen molar-refractivity contribution in [3.63, 3.8) is 0 Å². The zero-order chi connectivity index (χ0) is 14.5. The topological polar surface area (TPSA) is 12.9 Å². The first-order valence-electron chi connectivity index (χ1n) is 7.17.